The van der Waals surface area contributed by atoms with Crippen molar-refractivity contribution in [2.75, 3.05) is 6.54 Å². The number of benzene rings is 1. The zero-order valence-electron chi connectivity index (χ0n) is 12.2. The summed E-state index contributed by atoms with van der Waals surface area (Å²) in [5, 5.41) is 8.90. The number of pyridine rings is 1. The molecule has 1 aromatic heterocycles. The molecule has 1 aromatic carbocycles. The van der Waals surface area contributed by atoms with E-state index in [-0.39, 0.29) is 16.5 Å². The first kappa shape index (κ1) is 15.6. The smallest absolute Gasteiger partial charge is 0.243 e. The number of rotatable bonds is 3. The number of nitrogens with zero attached hydrogens (tertiary/aromatic N) is 3. The number of aromatic nitrogens is 1. The highest BCUT2D eigenvalue weighted by Crippen LogP contribution is 2.35. The third-order valence-corrected chi connectivity index (χ3v) is 5.80. The summed E-state index contributed by atoms with van der Waals surface area (Å²) in [7, 11) is -3.81. The van der Waals surface area contributed by atoms with Crippen molar-refractivity contribution in [2.45, 2.75) is 23.8 Å². The first-order valence-electron chi connectivity index (χ1n) is 7.16. The molecule has 118 valence electrons. The van der Waals surface area contributed by atoms with Crippen LogP contribution in [0.25, 0.3) is 0 Å². The predicted octanol–water partition coefficient (Wildman–Crippen LogP) is 2.62. The van der Waals surface area contributed by atoms with Crippen molar-refractivity contribution in [1.82, 2.24) is 9.29 Å². The van der Waals surface area contributed by atoms with Gasteiger partial charge in [0.2, 0.25) is 10.0 Å². The molecule has 0 aliphatic carbocycles. The molecular weight excluding hydrogens is 317 g/mol. The van der Waals surface area contributed by atoms with E-state index >= 15 is 0 Å². The second kappa shape index (κ2) is 6.07. The Morgan fingerprint density at radius 2 is 2.13 bits per heavy atom. The van der Waals surface area contributed by atoms with Crippen molar-refractivity contribution >= 4 is 10.0 Å². The Balaban J connectivity index is 2.01. The molecule has 5 nitrogen and oxygen atoms in total. The van der Waals surface area contributed by atoms with E-state index in [1.807, 2.05) is 6.07 Å². The maximum absolute atomic E-state index is 13.4. The minimum atomic E-state index is -3.81. The SMILES string of the molecule is N#Cc1cc(S(=O)(=O)N2CCC[C@H]2c2ccccn2)ccc1F. The average molecular weight is 331 g/mol. The lowest BCUT2D eigenvalue weighted by atomic mass is 10.1. The van der Waals surface area contributed by atoms with Gasteiger partial charge in [0, 0.05) is 12.7 Å². The molecule has 0 unspecified atom stereocenters. The third kappa shape index (κ3) is 2.83. The van der Waals surface area contributed by atoms with Crippen LogP contribution in [0.5, 0.6) is 0 Å². The van der Waals surface area contributed by atoms with Gasteiger partial charge in [-0.3, -0.25) is 4.98 Å². The molecule has 0 bridgehead atoms. The Morgan fingerprint density at radius 1 is 1.30 bits per heavy atom. The quantitative estimate of drug-likeness (QED) is 0.866. The third-order valence-electron chi connectivity index (χ3n) is 3.90. The lowest BCUT2D eigenvalue weighted by Crippen LogP contribution is -2.31. The van der Waals surface area contributed by atoms with Crippen LogP contribution in [0.2, 0.25) is 0 Å². The highest BCUT2D eigenvalue weighted by atomic mass is 32.2. The number of hydrogen-bond acceptors (Lipinski definition) is 4. The maximum atomic E-state index is 13.4. The van der Waals surface area contributed by atoms with Gasteiger partial charge in [-0.25, -0.2) is 12.8 Å². The van der Waals surface area contributed by atoms with Gasteiger partial charge in [-0.1, -0.05) is 6.07 Å². The zero-order valence-corrected chi connectivity index (χ0v) is 13.0. The minimum absolute atomic E-state index is 0.0710. The van der Waals surface area contributed by atoms with Crippen molar-refractivity contribution in [1.29, 1.82) is 5.26 Å². The second-order valence-corrected chi connectivity index (χ2v) is 7.17. The lowest BCUT2D eigenvalue weighted by Gasteiger charge is -2.23. The number of hydrogen-bond donors (Lipinski definition) is 0. The first-order valence-corrected chi connectivity index (χ1v) is 8.60. The van der Waals surface area contributed by atoms with Gasteiger partial charge in [0.05, 0.1) is 22.2 Å². The molecule has 1 fully saturated rings. The molecule has 1 atom stereocenters. The Hall–Kier alpha value is -2.30. The fourth-order valence-corrected chi connectivity index (χ4v) is 4.48. The number of halogens is 1. The van der Waals surface area contributed by atoms with E-state index < -0.39 is 15.8 Å². The normalized spacial score (nSPS) is 18.7. The molecule has 1 aliphatic rings. The summed E-state index contributed by atoms with van der Waals surface area (Å²) < 4.78 is 40.5. The van der Waals surface area contributed by atoms with Crippen molar-refractivity contribution in [2.24, 2.45) is 0 Å². The van der Waals surface area contributed by atoms with Gasteiger partial charge in [-0.05, 0) is 43.2 Å². The van der Waals surface area contributed by atoms with Gasteiger partial charge in [0.25, 0.3) is 0 Å². The number of nitriles is 1. The molecular formula is C16H14FN3O2S. The summed E-state index contributed by atoms with van der Waals surface area (Å²) >= 11 is 0. The molecule has 1 aliphatic heterocycles. The Morgan fingerprint density at radius 3 is 2.83 bits per heavy atom. The predicted molar refractivity (Wildman–Crippen MR) is 81.2 cm³/mol. The van der Waals surface area contributed by atoms with Gasteiger partial charge in [-0.15, -0.1) is 0 Å². The topological polar surface area (TPSA) is 74.1 Å². The summed E-state index contributed by atoms with van der Waals surface area (Å²) in [6.07, 6.45) is 3.04. The fraction of sp³-hybridized carbons (Fsp3) is 0.250. The molecule has 23 heavy (non-hydrogen) atoms. The molecule has 0 N–H and O–H groups in total. The molecule has 0 radical (unpaired) electrons. The average Bonchev–Trinajstić information content (AvgIpc) is 3.06. The van der Waals surface area contributed by atoms with Crippen LogP contribution in [0.15, 0.2) is 47.5 Å². The number of sulfonamides is 1. The molecule has 0 saturated carbocycles. The summed E-state index contributed by atoms with van der Waals surface area (Å²) in [6, 6.07) is 10.0. The second-order valence-electron chi connectivity index (χ2n) is 5.28. The Bertz CT molecular complexity index is 863. The van der Waals surface area contributed by atoms with Crippen LogP contribution in [-0.2, 0) is 10.0 Å². The Labute approximate surface area is 134 Å². The van der Waals surface area contributed by atoms with Crippen molar-refractivity contribution in [3.63, 3.8) is 0 Å². The van der Waals surface area contributed by atoms with Crippen LogP contribution in [0.1, 0.15) is 30.1 Å². The summed E-state index contributed by atoms with van der Waals surface area (Å²) in [5.41, 5.74) is 0.413. The van der Waals surface area contributed by atoms with Gasteiger partial charge >= 0.3 is 0 Å². The van der Waals surface area contributed by atoms with Crippen molar-refractivity contribution < 1.29 is 12.8 Å². The molecule has 2 heterocycles. The van der Waals surface area contributed by atoms with Crippen LogP contribution < -0.4 is 0 Å². The van der Waals surface area contributed by atoms with E-state index in [0.717, 1.165) is 18.6 Å². The van der Waals surface area contributed by atoms with E-state index in [2.05, 4.69) is 4.98 Å². The molecule has 0 amide bonds. The van der Waals surface area contributed by atoms with E-state index in [0.29, 0.717) is 18.7 Å². The van der Waals surface area contributed by atoms with Gasteiger partial charge in [0.15, 0.2) is 0 Å². The molecule has 7 heteroatoms. The van der Waals surface area contributed by atoms with E-state index in [4.69, 9.17) is 5.26 Å². The Kier molecular flexibility index (Phi) is 4.11. The van der Waals surface area contributed by atoms with Crippen LogP contribution >= 0.6 is 0 Å². The fourth-order valence-electron chi connectivity index (χ4n) is 2.78. The van der Waals surface area contributed by atoms with Gasteiger partial charge in [0.1, 0.15) is 11.9 Å². The van der Waals surface area contributed by atoms with Gasteiger partial charge < -0.3 is 0 Å². The zero-order chi connectivity index (χ0) is 16.4. The van der Waals surface area contributed by atoms with Crippen LogP contribution in [0.4, 0.5) is 4.39 Å². The summed E-state index contributed by atoms with van der Waals surface area (Å²) in [5.74, 6) is -0.728. The van der Waals surface area contributed by atoms with E-state index in [1.165, 1.54) is 10.4 Å². The van der Waals surface area contributed by atoms with Crippen molar-refractivity contribution in [3.8, 4) is 6.07 Å². The maximum Gasteiger partial charge on any atom is 0.243 e. The van der Waals surface area contributed by atoms with Crippen LogP contribution in [0, 0.1) is 17.1 Å². The van der Waals surface area contributed by atoms with Gasteiger partial charge in [-0.2, -0.15) is 9.57 Å². The van der Waals surface area contributed by atoms with Crippen LogP contribution in [-0.4, -0.2) is 24.3 Å². The monoisotopic (exact) mass is 331 g/mol. The first-order chi connectivity index (χ1) is 11.0. The largest absolute Gasteiger partial charge is 0.260 e. The minimum Gasteiger partial charge on any atom is -0.260 e. The summed E-state index contributed by atoms with van der Waals surface area (Å²) in [4.78, 5) is 4.18. The molecule has 2 aromatic rings. The highest BCUT2D eigenvalue weighted by Gasteiger charge is 2.37. The van der Waals surface area contributed by atoms with Crippen molar-refractivity contribution in [3.05, 3.63) is 59.7 Å². The van der Waals surface area contributed by atoms with Crippen LogP contribution in [0.3, 0.4) is 0 Å². The molecule has 1 saturated heterocycles. The standard InChI is InChI=1S/C16H14FN3O2S/c17-14-7-6-13(10-12(14)11-18)23(21,22)20-9-3-5-16(20)15-4-1-2-8-19-15/h1-2,4,6-8,10,16H,3,5,9H2/t16-/m0/s1. The van der Waals surface area contributed by atoms with E-state index in [9.17, 15) is 12.8 Å². The molecule has 0 spiro atoms. The lowest BCUT2D eigenvalue weighted by molar-refractivity contribution is 0.390. The molecule has 3 rings (SSSR count). The summed E-state index contributed by atoms with van der Waals surface area (Å²) in [6.45, 7) is 0.378. The van der Waals surface area contributed by atoms with E-state index in [1.54, 1.807) is 24.4 Å². The highest BCUT2D eigenvalue weighted by molar-refractivity contribution is 7.89.